The van der Waals surface area contributed by atoms with Gasteiger partial charge in [-0.15, -0.1) is 0 Å². The highest BCUT2D eigenvalue weighted by atomic mass is 16.4. The van der Waals surface area contributed by atoms with E-state index in [0.717, 1.165) is 5.56 Å². The van der Waals surface area contributed by atoms with Crippen molar-refractivity contribution in [1.29, 1.82) is 0 Å². The summed E-state index contributed by atoms with van der Waals surface area (Å²) in [5, 5.41) is 17.5. The molecule has 1 aromatic rings. The molecule has 0 bridgehead atoms. The predicted molar refractivity (Wildman–Crippen MR) is 135 cm³/mol. The van der Waals surface area contributed by atoms with Crippen molar-refractivity contribution in [2.75, 3.05) is 0 Å². The van der Waals surface area contributed by atoms with E-state index >= 15 is 0 Å². The standard InChI is InChI=1S/C26H42N4O5/c1-7-17(6)22(26(34)35)30-24(32)20(13-15(2)3)28-25(33)21(16(4)5)29-23(31)19(27)14-18-11-9-8-10-12-18/h8-12,15-17,19-22H,7,13-14,27H2,1-6H3,(H,28,33)(H,29,31)(H,30,32)(H,34,35). The molecule has 6 N–H and O–H groups in total. The van der Waals surface area contributed by atoms with E-state index in [9.17, 15) is 24.3 Å². The number of rotatable bonds is 14. The fourth-order valence-corrected chi connectivity index (χ4v) is 3.66. The number of carbonyl (C=O) groups excluding carboxylic acids is 3. The van der Waals surface area contributed by atoms with E-state index in [2.05, 4.69) is 16.0 Å². The van der Waals surface area contributed by atoms with Crippen LogP contribution in [0.25, 0.3) is 0 Å². The Labute approximate surface area is 208 Å². The highest BCUT2D eigenvalue weighted by Crippen LogP contribution is 2.12. The van der Waals surface area contributed by atoms with E-state index in [1.165, 1.54) is 0 Å². The summed E-state index contributed by atoms with van der Waals surface area (Å²) in [6.07, 6.45) is 1.21. The van der Waals surface area contributed by atoms with Crippen LogP contribution >= 0.6 is 0 Å². The van der Waals surface area contributed by atoms with Gasteiger partial charge >= 0.3 is 5.97 Å². The van der Waals surface area contributed by atoms with Crippen LogP contribution in [0.3, 0.4) is 0 Å². The average molecular weight is 491 g/mol. The number of amides is 3. The van der Waals surface area contributed by atoms with Gasteiger partial charge in [0.1, 0.15) is 18.1 Å². The van der Waals surface area contributed by atoms with Crippen molar-refractivity contribution < 1.29 is 24.3 Å². The number of carboxylic acid groups (broad SMARTS) is 1. The second-order valence-electron chi connectivity index (χ2n) is 9.93. The van der Waals surface area contributed by atoms with Gasteiger partial charge in [0.05, 0.1) is 6.04 Å². The molecule has 1 aromatic carbocycles. The fraction of sp³-hybridized carbons (Fsp3) is 0.615. The topological polar surface area (TPSA) is 151 Å². The van der Waals surface area contributed by atoms with Crippen LogP contribution in [0.5, 0.6) is 0 Å². The quantitative estimate of drug-likeness (QED) is 0.268. The maximum atomic E-state index is 13.1. The molecule has 196 valence electrons. The molecular weight excluding hydrogens is 448 g/mol. The number of carbonyl (C=O) groups is 4. The molecule has 9 heteroatoms. The average Bonchev–Trinajstić information content (AvgIpc) is 2.79. The van der Waals surface area contributed by atoms with Gasteiger partial charge in [-0.3, -0.25) is 14.4 Å². The van der Waals surface area contributed by atoms with E-state index in [1.54, 1.807) is 20.8 Å². The summed E-state index contributed by atoms with van der Waals surface area (Å²) in [7, 11) is 0. The van der Waals surface area contributed by atoms with Crippen LogP contribution < -0.4 is 21.7 Å². The van der Waals surface area contributed by atoms with Gasteiger partial charge in [-0.2, -0.15) is 0 Å². The zero-order chi connectivity index (χ0) is 26.7. The molecule has 0 aromatic heterocycles. The van der Waals surface area contributed by atoms with Crippen molar-refractivity contribution in [3.8, 4) is 0 Å². The molecule has 0 saturated carbocycles. The van der Waals surface area contributed by atoms with Gasteiger partial charge < -0.3 is 26.8 Å². The molecule has 0 heterocycles. The summed E-state index contributed by atoms with van der Waals surface area (Å²) in [6.45, 7) is 11.0. The first-order valence-electron chi connectivity index (χ1n) is 12.3. The number of hydrogen-bond acceptors (Lipinski definition) is 5. The van der Waals surface area contributed by atoms with Gasteiger partial charge in [-0.25, -0.2) is 4.79 Å². The van der Waals surface area contributed by atoms with Crippen LogP contribution in [0, 0.1) is 17.8 Å². The van der Waals surface area contributed by atoms with Crippen LogP contribution in [0.4, 0.5) is 0 Å². The smallest absolute Gasteiger partial charge is 0.326 e. The van der Waals surface area contributed by atoms with Gasteiger partial charge in [-0.1, -0.05) is 78.3 Å². The number of hydrogen-bond donors (Lipinski definition) is 5. The lowest BCUT2D eigenvalue weighted by atomic mass is 9.97. The Morgan fingerprint density at radius 3 is 1.91 bits per heavy atom. The van der Waals surface area contributed by atoms with Crippen LogP contribution in [0.1, 0.15) is 59.9 Å². The first-order valence-corrected chi connectivity index (χ1v) is 12.3. The van der Waals surface area contributed by atoms with Gasteiger partial charge in [0.25, 0.3) is 0 Å². The van der Waals surface area contributed by atoms with Gasteiger partial charge in [0.15, 0.2) is 0 Å². The minimum absolute atomic E-state index is 0.0595. The molecule has 0 fully saturated rings. The highest BCUT2D eigenvalue weighted by molar-refractivity contribution is 5.94. The molecule has 5 unspecified atom stereocenters. The normalized spacial score (nSPS) is 15.6. The van der Waals surface area contributed by atoms with Crippen molar-refractivity contribution in [1.82, 2.24) is 16.0 Å². The lowest BCUT2D eigenvalue weighted by Gasteiger charge is -2.28. The van der Waals surface area contributed by atoms with E-state index in [0.29, 0.717) is 19.3 Å². The monoisotopic (exact) mass is 490 g/mol. The number of benzene rings is 1. The predicted octanol–water partition coefficient (Wildman–Crippen LogP) is 1.84. The van der Waals surface area contributed by atoms with Crippen LogP contribution in [0.2, 0.25) is 0 Å². The van der Waals surface area contributed by atoms with Crippen molar-refractivity contribution >= 4 is 23.7 Å². The lowest BCUT2D eigenvalue weighted by molar-refractivity contribution is -0.144. The molecule has 9 nitrogen and oxygen atoms in total. The summed E-state index contributed by atoms with van der Waals surface area (Å²) >= 11 is 0. The lowest BCUT2D eigenvalue weighted by Crippen LogP contribution is -2.59. The van der Waals surface area contributed by atoms with Gasteiger partial charge in [-0.05, 0) is 36.2 Å². The molecule has 0 spiro atoms. The third-order valence-electron chi connectivity index (χ3n) is 6.00. The zero-order valence-electron chi connectivity index (χ0n) is 21.7. The Morgan fingerprint density at radius 1 is 0.857 bits per heavy atom. The number of nitrogens with two attached hydrogens (primary N) is 1. The van der Waals surface area contributed by atoms with E-state index in [-0.39, 0.29) is 17.8 Å². The molecule has 0 aliphatic heterocycles. The largest absolute Gasteiger partial charge is 0.480 e. The summed E-state index contributed by atoms with van der Waals surface area (Å²) in [4.78, 5) is 50.5. The van der Waals surface area contributed by atoms with Crippen molar-refractivity contribution in [2.45, 2.75) is 85.0 Å². The van der Waals surface area contributed by atoms with Gasteiger partial charge in [0.2, 0.25) is 17.7 Å². The minimum Gasteiger partial charge on any atom is -0.480 e. The van der Waals surface area contributed by atoms with Crippen LogP contribution in [0.15, 0.2) is 30.3 Å². The molecule has 35 heavy (non-hydrogen) atoms. The van der Waals surface area contributed by atoms with E-state index in [1.807, 2.05) is 51.1 Å². The number of nitrogens with one attached hydrogen (secondary N) is 3. The molecule has 0 radical (unpaired) electrons. The van der Waals surface area contributed by atoms with Crippen LogP contribution in [-0.4, -0.2) is 53.0 Å². The molecular formula is C26H42N4O5. The third-order valence-corrected chi connectivity index (χ3v) is 6.00. The maximum absolute atomic E-state index is 13.1. The molecule has 1 rings (SSSR count). The molecule has 3 amide bonds. The molecule has 5 atom stereocenters. The number of carboxylic acids is 1. The summed E-state index contributed by atoms with van der Waals surface area (Å²) in [6, 6.07) is 5.60. The Bertz CT molecular complexity index is 843. The second kappa shape index (κ2) is 14.5. The third kappa shape index (κ3) is 10.1. The molecule has 0 aliphatic carbocycles. The van der Waals surface area contributed by atoms with E-state index in [4.69, 9.17) is 5.73 Å². The maximum Gasteiger partial charge on any atom is 0.326 e. The zero-order valence-corrected chi connectivity index (χ0v) is 21.7. The first-order chi connectivity index (χ1) is 16.4. The summed E-state index contributed by atoms with van der Waals surface area (Å²) < 4.78 is 0. The molecule has 0 aliphatic rings. The summed E-state index contributed by atoms with van der Waals surface area (Å²) in [5.74, 6) is -3.15. The van der Waals surface area contributed by atoms with E-state index < -0.39 is 47.9 Å². The van der Waals surface area contributed by atoms with Crippen molar-refractivity contribution in [3.05, 3.63) is 35.9 Å². The SMILES string of the molecule is CCC(C)C(NC(=O)C(CC(C)C)NC(=O)C(NC(=O)C(N)Cc1ccccc1)C(C)C)C(=O)O. The Balaban J connectivity index is 2.94. The minimum atomic E-state index is -1.12. The van der Waals surface area contributed by atoms with Gasteiger partial charge in [0, 0.05) is 0 Å². The Kier molecular flexibility index (Phi) is 12.4. The highest BCUT2D eigenvalue weighted by Gasteiger charge is 2.33. The fourth-order valence-electron chi connectivity index (χ4n) is 3.66. The second-order valence-corrected chi connectivity index (χ2v) is 9.93. The first kappa shape index (κ1) is 30.1. The molecule has 0 saturated heterocycles. The van der Waals surface area contributed by atoms with Crippen molar-refractivity contribution in [2.24, 2.45) is 23.5 Å². The Morgan fingerprint density at radius 2 is 1.43 bits per heavy atom. The number of aliphatic carboxylic acids is 1. The summed E-state index contributed by atoms with van der Waals surface area (Å²) in [5.41, 5.74) is 6.98. The van der Waals surface area contributed by atoms with Crippen LogP contribution in [-0.2, 0) is 25.6 Å². The Hall–Kier alpha value is -2.94. The van der Waals surface area contributed by atoms with Crippen molar-refractivity contribution in [3.63, 3.8) is 0 Å².